The first kappa shape index (κ1) is 21.1. The summed E-state index contributed by atoms with van der Waals surface area (Å²) in [6, 6.07) is 8.50. The van der Waals surface area contributed by atoms with Crippen LogP contribution in [0.3, 0.4) is 0 Å². The zero-order chi connectivity index (χ0) is 22.2. The number of nitrogens with one attached hydrogen (secondary N) is 1. The van der Waals surface area contributed by atoms with Crippen LogP contribution in [-0.2, 0) is 10.2 Å². The molecule has 0 saturated carbocycles. The highest BCUT2D eigenvalue weighted by atomic mass is 32.2. The van der Waals surface area contributed by atoms with Crippen LogP contribution in [0.2, 0.25) is 0 Å². The quantitative estimate of drug-likeness (QED) is 0.745. The van der Waals surface area contributed by atoms with Gasteiger partial charge in [0.1, 0.15) is 12.4 Å². The zero-order valence-electron chi connectivity index (χ0n) is 17.5. The van der Waals surface area contributed by atoms with Gasteiger partial charge in [-0.15, -0.1) is 4.40 Å². The molecule has 1 saturated heterocycles. The van der Waals surface area contributed by atoms with Crippen molar-refractivity contribution in [3.8, 4) is 5.75 Å². The van der Waals surface area contributed by atoms with Crippen LogP contribution < -0.4 is 15.2 Å². The number of nitrogens with two attached hydrogens (primary N) is 1. The number of likely N-dealkylation sites (tertiary alicyclic amines) is 1. The second-order valence-electron chi connectivity index (χ2n) is 7.83. The van der Waals surface area contributed by atoms with E-state index >= 15 is 0 Å². The summed E-state index contributed by atoms with van der Waals surface area (Å²) in [7, 11) is -3.86. The average molecular weight is 444 g/mol. The van der Waals surface area contributed by atoms with Gasteiger partial charge in [0.15, 0.2) is 5.84 Å². The first-order valence-corrected chi connectivity index (χ1v) is 11.6. The first-order valence-electron chi connectivity index (χ1n) is 10.1. The van der Waals surface area contributed by atoms with Crippen LogP contribution >= 0.6 is 0 Å². The maximum absolute atomic E-state index is 13.2. The lowest BCUT2D eigenvalue weighted by atomic mass is 10.0. The minimum absolute atomic E-state index is 0.0363. The Bertz CT molecular complexity index is 1140. The number of amides is 1. The molecule has 1 aromatic heterocycles. The molecule has 2 aliphatic heterocycles. The van der Waals surface area contributed by atoms with E-state index in [1.54, 1.807) is 30.3 Å². The zero-order valence-corrected chi connectivity index (χ0v) is 18.3. The molecular formula is C21H25N5O4S. The number of rotatable bonds is 4. The van der Waals surface area contributed by atoms with Crippen molar-refractivity contribution in [2.45, 2.75) is 39.2 Å². The first-order chi connectivity index (χ1) is 14.7. The smallest absolute Gasteiger partial charge is 0.344 e. The summed E-state index contributed by atoms with van der Waals surface area (Å²) in [4.78, 5) is 19.4. The molecule has 3 N–H and O–H groups in total. The van der Waals surface area contributed by atoms with Crippen LogP contribution in [0.5, 0.6) is 5.75 Å². The van der Waals surface area contributed by atoms with Crippen LogP contribution in [0.1, 0.15) is 46.6 Å². The van der Waals surface area contributed by atoms with Gasteiger partial charge in [-0.2, -0.15) is 8.42 Å². The normalized spacial score (nSPS) is 19.7. The molecule has 164 valence electrons. The van der Waals surface area contributed by atoms with E-state index in [0.29, 0.717) is 29.1 Å². The third kappa shape index (κ3) is 4.48. The van der Waals surface area contributed by atoms with Crippen LogP contribution in [0, 0.1) is 13.8 Å². The monoisotopic (exact) mass is 443 g/mol. The largest absolute Gasteiger partial charge is 0.491 e. The van der Waals surface area contributed by atoms with E-state index < -0.39 is 10.2 Å². The lowest BCUT2D eigenvalue weighted by Crippen LogP contribution is -2.46. The Morgan fingerprint density at radius 3 is 2.74 bits per heavy atom. The summed E-state index contributed by atoms with van der Waals surface area (Å²) in [5.41, 5.74) is 8.86. The highest BCUT2D eigenvalue weighted by molar-refractivity contribution is 7.91. The predicted octanol–water partition coefficient (Wildman–Crippen LogP) is 2.15. The van der Waals surface area contributed by atoms with E-state index in [1.807, 2.05) is 18.7 Å². The molecule has 9 nitrogen and oxygen atoms in total. The summed E-state index contributed by atoms with van der Waals surface area (Å²) in [6.07, 6.45) is 2.76. The Morgan fingerprint density at radius 2 is 2.00 bits per heavy atom. The predicted molar refractivity (Wildman–Crippen MR) is 118 cm³/mol. The molecule has 2 aromatic rings. The average Bonchev–Trinajstić information content (AvgIpc) is 2.70. The Balaban J connectivity index is 1.55. The Kier molecular flexibility index (Phi) is 5.57. The van der Waals surface area contributed by atoms with E-state index in [9.17, 15) is 13.2 Å². The van der Waals surface area contributed by atoms with Gasteiger partial charge in [-0.05, 0) is 57.4 Å². The number of hydrogen-bond acceptors (Lipinski definition) is 6. The van der Waals surface area contributed by atoms with Crippen molar-refractivity contribution in [2.75, 3.05) is 17.9 Å². The second-order valence-corrected chi connectivity index (χ2v) is 9.17. The molecule has 4 rings (SSSR count). The molecule has 0 aliphatic carbocycles. The van der Waals surface area contributed by atoms with Crippen molar-refractivity contribution >= 4 is 27.6 Å². The molecule has 0 bridgehead atoms. The second kappa shape index (κ2) is 8.18. The number of ether oxygens (including phenoxy) is 1. The third-order valence-electron chi connectivity index (χ3n) is 5.39. The molecular weight excluding hydrogens is 418 g/mol. The van der Waals surface area contributed by atoms with E-state index in [0.717, 1.165) is 30.7 Å². The number of anilines is 1. The van der Waals surface area contributed by atoms with Crippen LogP contribution in [0.15, 0.2) is 34.7 Å². The number of carbonyl (C=O) groups is 1. The molecule has 0 radical (unpaired) electrons. The number of aromatic nitrogens is 1. The van der Waals surface area contributed by atoms with Crippen molar-refractivity contribution in [3.05, 3.63) is 52.8 Å². The molecule has 1 aromatic carbocycles. The maximum atomic E-state index is 13.2. The van der Waals surface area contributed by atoms with Crippen LogP contribution in [-0.4, -0.2) is 49.2 Å². The fourth-order valence-corrected chi connectivity index (χ4v) is 4.93. The number of aryl methyl sites for hydroxylation is 2. The van der Waals surface area contributed by atoms with Gasteiger partial charge >= 0.3 is 10.2 Å². The number of benzene rings is 1. The summed E-state index contributed by atoms with van der Waals surface area (Å²) >= 11 is 0. The SMILES string of the molecule is Cc1cc(C(=O)N2CCCC[C@@H]2COc2cccc3c2C(N)=NS(=O)(=O)N3)cc(C)n1. The maximum Gasteiger partial charge on any atom is 0.344 e. The molecule has 3 heterocycles. The number of fused-ring (bicyclic) bond motifs is 1. The van der Waals surface area contributed by atoms with Gasteiger partial charge in [0, 0.05) is 23.5 Å². The minimum Gasteiger partial charge on any atom is -0.491 e. The van der Waals surface area contributed by atoms with Gasteiger partial charge in [-0.25, -0.2) is 0 Å². The van der Waals surface area contributed by atoms with Crippen molar-refractivity contribution in [1.29, 1.82) is 0 Å². The molecule has 1 atom stereocenters. The summed E-state index contributed by atoms with van der Waals surface area (Å²) in [6.45, 7) is 4.67. The summed E-state index contributed by atoms with van der Waals surface area (Å²) in [5.74, 6) is 0.268. The van der Waals surface area contributed by atoms with Crippen molar-refractivity contribution in [1.82, 2.24) is 9.88 Å². The van der Waals surface area contributed by atoms with Gasteiger partial charge < -0.3 is 15.4 Å². The number of carbonyl (C=O) groups excluding carboxylic acids is 1. The molecule has 10 heteroatoms. The number of pyridine rings is 1. The lowest BCUT2D eigenvalue weighted by Gasteiger charge is -2.36. The summed E-state index contributed by atoms with van der Waals surface area (Å²) in [5, 5.41) is 0. The van der Waals surface area contributed by atoms with Crippen LogP contribution in [0.25, 0.3) is 0 Å². The van der Waals surface area contributed by atoms with Gasteiger partial charge in [0.25, 0.3) is 5.91 Å². The number of amidine groups is 1. The number of nitrogens with zero attached hydrogens (tertiary/aromatic N) is 3. The Morgan fingerprint density at radius 1 is 1.26 bits per heavy atom. The molecule has 0 unspecified atom stereocenters. The fourth-order valence-electron chi connectivity index (χ4n) is 4.09. The van der Waals surface area contributed by atoms with Gasteiger partial charge in [-0.1, -0.05) is 6.07 Å². The fraction of sp³-hybridized carbons (Fsp3) is 0.381. The van der Waals surface area contributed by atoms with Gasteiger partial charge in [-0.3, -0.25) is 14.5 Å². The Labute approximate surface area is 181 Å². The topological polar surface area (TPSA) is 127 Å². The lowest BCUT2D eigenvalue weighted by molar-refractivity contribution is 0.0528. The minimum atomic E-state index is -3.86. The molecule has 1 amide bonds. The molecule has 2 aliphatic rings. The molecule has 31 heavy (non-hydrogen) atoms. The van der Waals surface area contributed by atoms with Crippen molar-refractivity contribution in [3.63, 3.8) is 0 Å². The Hall–Kier alpha value is -3.14. The highest BCUT2D eigenvalue weighted by Crippen LogP contribution is 2.31. The van der Waals surface area contributed by atoms with E-state index in [-0.39, 0.29) is 24.4 Å². The van der Waals surface area contributed by atoms with Crippen molar-refractivity contribution in [2.24, 2.45) is 10.1 Å². The van der Waals surface area contributed by atoms with Crippen LogP contribution in [0.4, 0.5) is 5.69 Å². The summed E-state index contributed by atoms with van der Waals surface area (Å²) < 4.78 is 35.5. The molecule has 1 fully saturated rings. The number of piperidine rings is 1. The van der Waals surface area contributed by atoms with Gasteiger partial charge in [0.2, 0.25) is 0 Å². The van der Waals surface area contributed by atoms with E-state index in [2.05, 4.69) is 14.1 Å². The van der Waals surface area contributed by atoms with E-state index in [1.165, 1.54) is 0 Å². The third-order valence-corrected chi connectivity index (χ3v) is 6.30. The number of hydrogen-bond donors (Lipinski definition) is 2. The van der Waals surface area contributed by atoms with Crippen molar-refractivity contribution < 1.29 is 17.9 Å². The van der Waals surface area contributed by atoms with E-state index in [4.69, 9.17) is 10.5 Å². The standard InChI is InChI=1S/C21H25N5O4S/c1-13-10-15(11-14(2)23-13)21(27)26-9-4-3-6-16(26)12-30-18-8-5-7-17-19(18)20(22)25-31(28,29)24-17/h5,7-8,10-11,16,24H,3-4,6,9,12H2,1-2H3,(H2,22,25)/t16-/m1/s1. The van der Waals surface area contributed by atoms with Gasteiger partial charge in [0.05, 0.1) is 17.3 Å². The highest BCUT2D eigenvalue weighted by Gasteiger charge is 2.30. The molecule has 0 spiro atoms.